The van der Waals surface area contributed by atoms with E-state index in [9.17, 15) is 8.42 Å². The molecule has 0 aliphatic heterocycles. The van der Waals surface area contributed by atoms with E-state index in [1.807, 2.05) is 39.3 Å². The Labute approximate surface area is 123 Å². The number of rotatable bonds is 7. The number of sulfonamides is 1. The lowest BCUT2D eigenvalue weighted by molar-refractivity contribution is 0.417. The smallest absolute Gasteiger partial charge is 0.244 e. The molecule has 0 aliphatic rings. The van der Waals surface area contributed by atoms with Gasteiger partial charge in [-0.05, 0) is 32.9 Å². The molecule has 0 bridgehead atoms. The largest absolute Gasteiger partial charge is 0.346 e. The molecule has 0 radical (unpaired) electrons. The van der Waals surface area contributed by atoms with E-state index in [0.29, 0.717) is 23.9 Å². The predicted molar refractivity (Wildman–Crippen MR) is 82.2 cm³/mol. The minimum Gasteiger partial charge on any atom is -0.346 e. The van der Waals surface area contributed by atoms with Gasteiger partial charge in [0.15, 0.2) is 0 Å². The van der Waals surface area contributed by atoms with Crippen molar-refractivity contribution in [2.24, 2.45) is 5.92 Å². The van der Waals surface area contributed by atoms with Crippen molar-refractivity contribution in [2.75, 3.05) is 20.6 Å². The molecule has 0 aliphatic carbocycles. The Morgan fingerprint density at radius 3 is 2.35 bits per heavy atom. The lowest BCUT2D eigenvalue weighted by Gasteiger charge is -2.18. The van der Waals surface area contributed by atoms with Gasteiger partial charge in [0.1, 0.15) is 4.90 Å². The normalized spacial score (nSPS) is 12.8. The highest BCUT2D eigenvalue weighted by molar-refractivity contribution is 7.89. The highest BCUT2D eigenvalue weighted by atomic mass is 32.2. The molecule has 6 heteroatoms. The van der Waals surface area contributed by atoms with E-state index >= 15 is 0 Å². The second kappa shape index (κ2) is 6.74. The third-order valence-corrected chi connectivity index (χ3v) is 4.94. The zero-order valence-corrected chi connectivity index (χ0v) is 14.2. The number of hydrogen-bond acceptors (Lipinski definition) is 3. The van der Waals surface area contributed by atoms with Crippen LogP contribution in [0.4, 0.5) is 0 Å². The summed E-state index contributed by atoms with van der Waals surface area (Å²) < 4.78 is 28.5. The highest BCUT2D eigenvalue weighted by Crippen LogP contribution is 2.22. The fourth-order valence-electron chi connectivity index (χ4n) is 2.23. The number of nitrogens with zero attached hydrogens (tertiary/aromatic N) is 2. The average Bonchev–Trinajstić information content (AvgIpc) is 2.73. The van der Waals surface area contributed by atoms with Crippen molar-refractivity contribution in [3.63, 3.8) is 0 Å². The molecular weight excluding hydrogens is 274 g/mol. The van der Waals surface area contributed by atoms with Crippen molar-refractivity contribution in [1.82, 2.24) is 14.2 Å². The Morgan fingerprint density at radius 2 is 1.90 bits per heavy atom. The van der Waals surface area contributed by atoms with E-state index in [1.165, 1.54) is 4.31 Å². The van der Waals surface area contributed by atoms with E-state index in [-0.39, 0.29) is 6.04 Å². The Bertz CT molecular complexity index is 533. The molecule has 0 saturated heterocycles. The summed E-state index contributed by atoms with van der Waals surface area (Å²) in [5, 5.41) is 3.08. The number of nitrogens with one attached hydrogen (secondary N) is 1. The Kier molecular flexibility index (Phi) is 5.79. The maximum Gasteiger partial charge on any atom is 0.244 e. The Balaban J connectivity index is 3.15. The summed E-state index contributed by atoms with van der Waals surface area (Å²) in [7, 11) is 0.0937. The van der Waals surface area contributed by atoms with Crippen molar-refractivity contribution < 1.29 is 8.42 Å². The maximum atomic E-state index is 12.6. The molecule has 0 fully saturated rings. The summed E-state index contributed by atoms with van der Waals surface area (Å²) >= 11 is 0. The Morgan fingerprint density at radius 1 is 1.30 bits per heavy atom. The minimum absolute atomic E-state index is 0.234. The molecule has 1 rings (SSSR count). The fourth-order valence-corrected chi connectivity index (χ4v) is 3.62. The van der Waals surface area contributed by atoms with Gasteiger partial charge in [0.05, 0.1) is 0 Å². The molecule has 20 heavy (non-hydrogen) atoms. The van der Waals surface area contributed by atoms with Crippen LogP contribution >= 0.6 is 0 Å². The van der Waals surface area contributed by atoms with Gasteiger partial charge in [-0.1, -0.05) is 13.8 Å². The number of aromatic nitrogens is 1. The van der Waals surface area contributed by atoms with Gasteiger partial charge in [0.2, 0.25) is 10.0 Å². The first-order chi connectivity index (χ1) is 9.20. The van der Waals surface area contributed by atoms with Crippen LogP contribution < -0.4 is 5.32 Å². The molecule has 0 unspecified atom stereocenters. The van der Waals surface area contributed by atoms with E-state index < -0.39 is 10.0 Å². The third-order valence-electron chi connectivity index (χ3n) is 3.15. The number of hydrogen-bond donors (Lipinski definition) is 1. The second-order valence-electron chi connectivity index (χ2n) is 5.88. The van der Waals surface area contributed by atoms with E-state index in [0.717, 1.165) is 5.69 Å². The molecule has 0 aromatic carbocycles. The quantitative estimate of drug-likeness (QED) is 0.839. The summed E-state index contributed by atoms with van der Waals surface area (Å²) in [5.74, 6) is 0.304. The standard InChI is InChI=1S/C14H27N3O2S/c1-11(2)9-16(6)20(18,19)14-7-13(8-15-5)17(10-14)12(3)4/h7,10-12,15H,8-9H2,1-6H3. The molecule has 0 atom stereocenters. The van der Waals surface area contributed by atoms with Gasteiger partial charge in [-0.2, -0.15) is 0 Å². The molecular formula is C14H27N3O2S. The zero-order valence-electron chi connectivity index (χ0n) is 13.3. The van der Waals surface area contributed by atoms with E-state index in [1.54, 1.807) is 19.3 Å². The highest BCUT2D eigenvalue weighted by Gasteiger charge is 2.24. The van der Waals surface area contributed by atoms with E-state index in [4.69, 9.17) is 0 Å². The van der Waals surface area contributed by atoms with Gasteiger partial charge in [-0.15, -0.1) is 0 Å². The first-order valence-corrected chi connectivity index (χ1v) is 8.45. The van der Waals surface area contributed by atoms with Crippen LogP contribution in [-0.4, -0.2) is 37.9 Å². The minimum atomic E-state index is -3.40. The molecule has 1 heterocycles. The predicted octanol–water partition coefficient (Wildman–Crippen LogP) is 2.06. The molecule has 1 aromatic rings. The lowest BCUT2D eigenvalue weighted by Crippen LogP contribution is -2.30. The molecule has 0 amide bonds. The summed E-state index contributed by atoms with van der Waals surface area (Å²) in [4.78, 5) is 0.375. The zero-order chi connectivity index (χ0) is 15.5. The Hall–Kier alpha value is -0.850. The van der Waals surface area contributed by atoms with Crippen LogP contribution in [0, 0.1) is 5.92 Å². The molecule has 116 valence electrons. The first-order valence-electron chi connectivity index (χ1n) is 7.01. The summed E-state index contributed by atoms with van der Waals surface area (Å²) in [6.45, 7) is 9.30. The van der Waals surface area contributed by atoms with Crippen molar-refractivity contribution >= 4 is 10.0 Å². The SMILES string of the molecule is CNCc1cc(S(=O)(=O)N(C)CC(C)C)cn1C(C)C. The molecule has 0 spiro atoms. The van der Waals surface area contributed by atoms with Gasteiger partial charge in [-0.25, -0.2) is 12.7 Å². The first kappa shape index (κ1) is 17.2. The summed E-state index contributed by atoms with van der Waals surface area (Å²) in [6, 6.07) is 2.00. The van der Waals surface area contributed by atoms with Gasteiger partial charge in [-0.3, -0.25) is 0 Å². The summed E-state index contributed by atoms with van der Waals surface area (Å²) in [5.41, 5.74) is 0.985. The van der Waals surface area contributed by atoms with Gasteiger partial charge >= 0.3 is 0 Å². The van der Waals surface area contributed by atoms with Crippen LogP contribution in [-0.2, 0) is 16.6 Å². The van der Waals surface area contributed by atoms with Gasteiger partial charge < -0.3 is 9.88 Å². The lowest BCUT2D eigenvalue weighted by atomic mass is 10.2. The molecule has 1 aromatic heterocycles. The van der Waals surface area contributed by atoms with Crippen LogP contribution in [0.1, 0.15) is 39.4 Å². The van der Waals surface area contributed by atoms with E-state index in [2.05, 4.69) is 5.32 Å². The van der Waals surface area contributed by atoms with Gasteiger partial charge in [0, 0.05) is 38.1 Å². The topological polar surface area (TPSA) is 54.3 Å². The summed E-state index contributed by atoms with van der Waals surface area (Å²) in [6.07, 6.45) is 1.74. The maximum absolute atomic E-state index is 12.6. The second-order valence-corrected chi connectivity index (χ2v) is 7.92. The average molecular weight is 301 g/mol. The van der Waals surface area contributed by atoms with Crippen molar-refractivity contribution in [3.8, 4) is 0 Å². The van der Waals surface area contributed by atoms with Crippen molar-refractivity contribution in [3.05, 3.63) is 18.0 Å². The van der Waals surface area contributed by atoms with Crippen LogP contribution in [0.3, 0.4) is 0 Å². The van der Waals surface area contributed by atoms with Crippen molar-refractivity contribution in [2.45, 2.75) is 45.2 Å². The van der Waals surface area contributed by atoms with Crippen molar-refractivity contribution in [1.29, 1.82) is 0 Å². The van der Waals surface area contributed by atoms with Crippen LogP contribution in [0.15, 0.2) is 17.2 Å². The van der Waals surface area contributed by atoms with Crippen LogP contribution in [0.2, 0.25) is 0 Å². The monoisotopic (exact) mass is 301 g/mol. The molecule has 5 nitrogen and oxygen atoms in total. The van der Waals surface area contributed by atoms with Gasteiger partial charge in [0.25, 0.3) is 0 Å². The van der Waals surface area contributed by atoms with Crippen LogP contribution in [0.5, 0.6) is 0 Å². The molecule has 1 N–H and O–H groups in total. The fraction of sp³-hybridized carbons (Fsp3) is 0.714. The van der Waals surface area contributed by atoms with Crippen LogP contribution in [0.25, 0.3) is 0 Å². The molecule has 0 saturated carbocycles. The third kappa shape index (κ3) is 3.84.